The summed E-state index contributed by atoms with van der Waals surface area (Å²) in [4.78, 5) is 28.0. The van der Waals surface area contributed by atoms with Crippen LogP contribution in [0.3, 0.4) is 0 Å². The lowest BCUT2D eigenvalue weighted by molar-refractivity contribution is -0.137. The number of nitrogen functional groups attached to an aromatic ring is 1. The van der Waals surface area contributed by atoms with Gasteiger partial charge in [0, 0.05) is 16.8 Å². The van der Waals surface area contributed by atoms with Crippen LogP contribution in [0.25, 0.3) is 5.69 Å². The van der Waals surface area contributed by atoms with Gasteiger partial charge in [0.2, 0.25) is 5.91 Å². The van der Waals surface area contributed by atoms with Crippen molar-refractivity contribution >= 4 is 52.4 Å². The van der Waals surface area contributed by atoms with E-state index in [1.807, 2.05) is 0 Å². The van der Waals surface area contributed by atoms with Crippen LogP contribution in [0.1, 0.15) is 5.56 Å². The molecule has 0 radical (unpaired) electrons. The Balaban J connectivity index is 1.78. The smallest absolute Gasteiger partial charge is 0.385 e. The van der Waals surface area contributed by atoms with Crippen molar-refractivity contribution in [3.8, 4) is 5.69 Å². The van der Waals surface area contributed by atoms with E-state index < -0.39 is 23.2 Å². The van der Waals surface area contributed by atoms with Crippen molar-refractivity contribution < 1.29 is 18.0 Å². The molecule has 3 aromatic rings. The van der Waals surface area contributed by atoms with Crippen LogP contribution in [0.4, 0.5) is 24.7 Å². The normalized spacial score (nSPS) is 11.4. The maximum atomic E-state index is 12.7. The van der Waals surface area contributed by atoms with Crippen molar-refractivity contribution in [1.29, 1.82) is 0 Å². The fourth-order valence-electron chi connectivity index (χ4n) is 2.53. The molecule has 2 aromatic carbocycles. The van der Waals surface area contributed by atoms with E-state index in [-0.39, 0.29) is 27.4 Å². The second kappa shape index (κ2) is 9.21. The molecule has 0 fully saturated rings. The van der Waals surface area contributed by atoms with E-state index in [0.29, 0.717) is 10.7 Å². The summed E-state index contributed by atoms with van der Waals surface area (Å²) in [6, 6.07) is 10.3. The summed E-state index contributed by atoms with van der Waals surface area (Å²) in [5.41, 5.74) is 5.04. The van der Waals surface area contributed by atoms with Crippen LogP contribution in [0.15, 0.2) is 58.5 Å². The van der Waals surface area contributed by atoms with Gasteiger partial charge in [-0.3, -0.25) is 14.2 Å². The zero-order chi connectivity index (χ0) is 22.8. The van der Waals surface area contributed by atoms with Crippen molar-refractivity contribution in [2.24, 2.45) is 0 Å². The summed E-state index contributed by atoms with van der Waals surface area (Å²) in [6.45, 7) is 0. The largest absolute Gasteiger partial charge is 0.416 e. The molecule has 0 aliphatic heterocycles. The minimum Gasteiger partial charge on any atom is -0.385 e. The molecule has 3 rings (SSSR count). The number of hydrogen-bond acceptors (Lipinski definition) is 5. The van der Waals surface area contributed by atoms with Crippen molar-refractivity contribution in [1.82, 2.24) is 9.55 Å². The van der Waals surface area contributed by atoms with Crippen LogP contribution in [-0.2, 0) is 11.0 Å². The molecule has 6 nitrogen and oxygen atoms in total. The molecule has 0 spiro atoms. The molecule has 0 atom stereocenters. The molecule has 0 aliphatic carbocycles. The van der Waals surface area contributed by atoms with Gasteiger partial charge in [-0.05, 0) is 42.5 Å². The molecule has 0 bridgehead atoms. The third-order valence-electron chi connectivity index (χ3n) is 3.91. The minimum absolute atomic E-state index is 0.0240. The van der Waals surface area contributed by atoms with Crippen LogP contribution in [0.2, 0.25) is 10.0 Å². The van der Waals surface area contributed by atoms with Gasteiger partial charge in [-0.1, -0.05) is 35.0 Å². The number of nitrogens with zero attached hydrogens (tertiary/aromatic N) is 2. The maximum Gasteiger partial charge on any atom is 0.416 e. The molecular formula is C19H13Cl2F3N4O2S. The predicted octanol–water partition coefficient (Wildman–Crippen LogP) is 4.87. The van der Waals surface area contributed by atoms with Gasteiger partial charge in [-0.25, -0.2) is 0 Å². The van der Waals surface area contributed by atoms with Crippen molar-refractivity contribution in [2.45, 2.75) is 11.3 Å². The van der Waals surface area contributed by atoms with E-state index >= 15 is 0 Å². The number of alkyl halides is 3. The van der Waals surface area contributed by atoms with E-state index in [4.69, 9.17) is 28.9 Å². The number of aromatic nitrogens is 2. The molecule has 1 aromatic heterocycles. The Hall–Kier alpha value is -2.69. The first-order chi connectivity index (χ1) is 14.5. The number of thioether (sulfide) groups is 1. The first kappa shape index (κ1) is 23.0. The molecule has 31 heavy (non-hydrogen) atoms. The van der Waals surface area contributed by atoms with Crippen LogP contribution in [0.5, 0.6) is 0 Å². The summed E-state index contributed by atoms with van der Waals surface area (Å²) >= 11 is 12.7. The average Bonchev–Trinajstić information content (AvgIpc) is 2.68. The summed E-state index contributed by atoms with van der Waals surface area (Å²) in [5, 5.41) is 2.83. The maximum absolute atomic E-state index is 12.7. The molecule has 0 aliphatic rings. The van der Waals surface area contributed by atoms with Crippen LogP contribution < -0.4 is 16.6 Å². The third kappa shape index (κ3) is 5.72. The fraction of sp³-hybridized carbons (Fsp3) is 0.105. The number of nitrogens with two attached hydrogens (primary N) is 1. The standard InChI is InChI=1S/C19H13Cl2F3N4O2S/c20-11-2-4-12(5-3-11)28-15(25)8-16(29)27-18(28)31-9-17(30)26-14-6-1-10(7-13(14)21)19(22,23)24/h1-8H,9,25H2,(H,26,30). The second-order valence-electron chi connectivity index (χ2n) is 6.14. The fourth-order valence-corrected chi connectivity index (χ4v) is 3.71. The van der Waals surface area contributed by atoms with Gasteiger partial charge in [0.05, 0.1) is 22.0 Å². The van der Waals surface area contributed by atoms with Crippen molar-refractivity contribution in [3.05, 3.63) is 74.5 Å². The van der Waals surface area contributed by atoms with Gasteiger partial charge in [-0.2, -0.15) is 18.2 Å². The Morgan fingerprint density at radius 3 is 2.42 bits per heavy atom. The lowest BCUT2D eigenvalue weighted by atomic mass is 10.2. The molecule has 0 saturated heterocycles. The number of carbonyl (C=O) groups excluding carboxylic acids is 1. The highest BCUT2D eigenvalue weighted by molar-refractivity contribution is 7.99. The molecule has 0 saturated carbocycles. The number of amides is 1. The van der Waals surface area contributed by atoms with Gasteiger partial charge in [0.1, 0.15) is 5.82 Å². The Morgan fingerprint density at radius 1 is 1.13 bits per heavy atom. The Bertz CT molecular complexity index is 1180. The lowest BCUT2D eigenvalue weighted by Gasteiger charge is -2.15. The van der Waals surface area contributed by atoms with E-state index in [9.17, 15) is 22.8 Å². The zero-order valence-corrected chi connectivity index (χ0v) is 17.7. The van der Waals surface area contributed by atoms with E-state index in [1.165, 1.54) is 4.57 Å². The summed E-state index contributed by atoms with van der Waals surface area (Å²) < 4.78 is 39.7. The number of nitrogens with one attached hydrogen (secondary N) is 1. The summed E-state index contributed by atoms with van der Waals surface area (Å²) in [7, 11) is 0. The van der Waals surface area contributed by atoms with E-state index in [0.717, 1.165) is 36.0 Å². The van der Waals surface area contributed by atoms with Gasteiger partial charge in [0.25, 0.3) is 5.56 Å². The Morgan fingerprint density at radius 2 is 1.81 bits per heavy atom. The van der Waals surface area contributed by atoms with Gasteiger partial charge < -0.3 is 11.1 Å². The first-order valence-corrected chi connectivity index (χ1v) is 10.2. The number of benzene rings is 2. The molecule has 0 unspecified atom stereocenters. The van der Waals surface area contributed by atoms with Gasteiger partial charge in [-0.15, -0.1) is 0 Å². The Labute approximate surface area is 188 Å². The van der Waals surface area contributed by atoms with Gasteiger partial charge in [0.15, 0.2) is 5.16 Å². The average molecular weight is 489 g/mol. The number of hydrogen-bond donors (Lipinski definition) is 2. The topological polar surface area (TPSA) is 90.0 Å². The monoisotopic (exact) mass is 488 g/mol. The second-order valence-corrected chi connectivity index (χ2v) is 7.93. The third-order valence-corrected chi connectivity index (χ3v) is 5.42. The highest BCUT2D eigenvalue weighted by Crippen LogP contribution is 2.34. The molecule has 3 N–H and O–H groups in total. The van der Waals surface area contributed by atoms with Crippen LogP contribution in [-0.4, -0.2) is 21.2 Å². The molecule has 12 heteroatoms. The first-order valence-electron chi connectivity index (χ1n) is 8.49. The molecular weight excluding hydrogens is 476 g/mol. The van der Waals surface area contributed by atoms with Crippen molar-refractivity contribution in [3.63, 3.8) is 0 Å². The minimum atomic E-state index is -4.55. The number of carbonyl (C=O) groups is 1. The van der Waals surface area contributed by atoms with E-state index in [1.54, 1.807) is 24.3 Å². The predicted molar refractivity (Wildman–Crippen MR) is 115 cm³/mol. The lowest BCUT2D eigenvalue weighted by Crippen LogP contribution is -2.19. The highest BCUT2D eigenvalue weighted by atomic mass is 35.5. The van der Waals surface area contributed by atoms with Crippen LogP contribution >= 0.6 is 35.0 Å². The number of anilines is 2. The molecule has 1 heterocycles. The quantitative estimate of drug-likeness (QED) is 0.394. The summed E-state index contributed by atoms with van der Waals surface area (Å²) in [6.07, 6.45) is -4.55. The number of rotatable bonds is 5. The van der Waals surface area contributed by atoms with Gasteiger partial charge >= 0.3 is 6.18 Å². The Kier molecular flexibility index (Phi) is 6.83. The molecule has 162 valence electrons. The summed E-state index contributed by atoms with van der Waals surface area (Å²) in [5.74, 6) is -0.664. The highest BCUT2D eigenvalue weighted by Gasteiger charge is 2.31. The SMILES string of the molecule is Nc1cc(=O)nc(SCC(=O)Nc2ccc(C(F)(F)F)cc2Cl)n1-c1ccc(Cl)cc1. The number of halogens is 5. The molecule has 1 amide bonds. The van der Waals surface area contributed by atoms with Crippen LogP contribution in [0, 0.1) is 0 Å². The van der Waals surface area contributed by atoms with E-state index in [2.05, 4.69) is 10.3 Å². The zero-order valence-electron chi connectivity index (χ0n) is 15.4. The van der Waals surface area contributed by atoms with Crippen molar-refractivity contribution in [2.75, 3.05) is 16.8 Å².